The molecule has 0 spiro atoms. The van der Waals surface area contributed by atoms with Crippen LogP contribution in [0.5, 0.6) is 0 Å². The highest BCUT2D eigenvalue weighted by molar-refractivity contribution is 5.92. The lowest BCUT2D eigenvalue weighted by atomic mass is 9.99. The van der Waals surface area contributed by atoms with Gasteiger partial charge in [0.1, 0.15) is 0 Å². The first-order valence-electron chi connectivity index (χ1n) is 8.35. The van der Waals surface area contributed by atoms with Crippen molar-refractivity contribution in [1.82, 2.24) is 0 Å². The van der Waals surface area contributed by atoms with Crippen molar-refractivity contribution in [3.63, 3.8) is 0 Å². The number of nitrogens with zero attached hydrogens (tertiary/aromatic N) is 1. The lowest BCUT2D eigenvalue weighted by Gasteiger charge is -2.12. The Morgan fingerprint density at radius 2 is 1.87 bits per heavy atom. The van der Waals surface area contributed by atoms with E-state index in [2.05, 4.69) is 50.1 Å². The van der Waals surface area contributed by atoms with Crippen molar-refractivity contribution in [3.8, 4) is 0 Å². The SMILES string of the molecule is CCC(C)c1ccc(NC(N)=NCC(O)COCC(C)C)cc1. The van der Waals surface area contributed by atoms with Crippen molar-refractivity contribution in [1.29, 1.82) is 0 Å². The van der Waals surface area contributed by atoms with Crippen LogP contribution in [0.25, 0.3) is 0 Å². The van der Waals surface area contributed by atoms with Gasteiger partial charge in [0.2, 0.25) is 0 Å². The van der Waals surface area contributed by atoms with E-state index in [1.54, 1.807) is 0 Å². The summed E-state index contributed by atoms with van der Waals surface area (Å²) >= 11 is 0. The Hall–Kier alpha value is -1.59. The smallest absolute Gasteiger partial charge is 0.193 e. The molecule has 4 N–H and O–H groups in total. The van der Waals surface area contributed by atoms with Crippen LogP contribution in [0.15, 0.2) is 29.3 Å². The minimum absolute atomic E-state index is 0.224. The van der Waals surface area contributed by atoms with Gasteiger partial charge in [-0.1, -0.05) is 39.8 Å². The summed E-state index contributed by atoms with van der Waals surface area (Å²) in [7, 11) is 0. The lowest BCUT2D eigenvalue weighted by molar-refractivity contribution is 0.0302. The summed E-state index contributed by atoms with van der Waals surface area (Å²) in [5.41, 5.74) is 8.05. The number of guanidine groups is 1. The number of ether oxygens (including phenoxy) is 1. The number of aliphatic hydroxyl groups excluding tert-OH is 1. The van der Waals surface area contributed by atoms with Gasteiger partial charge in [-0.2, -0.15) is 0 Å². The predicted octanol–water partition coefficient (Wildman–Crippen LogP) is 2.96. The minimum atomic E-state index is -0.637. The fourth-order valence-electron chi connectivity index (χ4n) is 2.01. The molecular weight excluding hydrogens is 290 g/mol. The first-order chi connectivity index (χ1) is 10.9. The average molecular weight is 321 g/mol. The van der Waals surface area contributed by atoms with Gasteiger partial charge in [0.05, 0.1) is 19.3 Å². The topological polar surface area (TPSA) is 79.9 Å². The maximum Gasteiger partial charge on any atom is 0.193 e. The van der Waals surface area contributed by atoms with Crippen LogP contribution in [0.2, 0.25) is 0 Å². The van der Waals surface area contributed by atoms with E-state index in [0.717, 1.165) is 12.1 Å². The van der Waals surface area contributed by atoms with Crippen LogP contribution in [0.3, 0.4) is 0 Å². The van der Waals surface area contributed by atoms with Crippen LogP contribution in [0, 0.1) is 5.92 Å². The van der Waals surface area contributed by atoms with E-state index in [1.807, 2.05) is 12.1 Å². The zero-order valence-corrected chi connectivity index (χ0v) is 14.7. The van der Waals surface area contributed by atoms with Gasteiger partial charge < -0.3 is 20.9 Å². The molecule has 0 saturated carbocycles. The van der Waals surface area contributed by atoms with Crippen LogP contribution in [-0.4, -0.2) is 36.9 Å². The number of nitrogens with one attached hydrogen (secondary N) is 1. The third-order valence-electron chi connectivity index (χ3n) is 3.60. The molecule has 2 unspecified atom stereocenters. The molecule has 0 bridgehead atoms. The first kappa shape index (κ1) is 19.5. The molecule has 0 heterocycles. The van der Waals surface area contributed by atoms with E-state index in [4.69, 9.17) is 10.5 Å². The quantitative estimate of drug-likeness (QED) is 0.482. The van der Waals surface area contributed by atoms with Crippen molar-refractivity contribution in [2.75, 3.05) is 25.1 Å². The molecule has 2 atom stereocenters. The van der Waals surface area contributed by atoms with Crippen molar-refractivity contribution in [2.45, 2.75) is 46.1 Å². The largest absolute Gasteiger partial charge is 0.389 e. The summed E-state index contributed by atoms with van der Waals surface area (Å²) in [5, 5.41) is 12.8. The molecule has 0 radical (unpaired) electrons. The molecule has 1 aromatic carbocycles. The molecule has 0 aromatic heterocycles. The van der Waals surface area contributed by atoms with Crippen molar-refractivity contribution >= 4 is 11.6 Å². The molecule has 0 fully saturated rings. The monoisotopic (exact) mass is 321 g/mol. The third kappa shape index (κ3) is 8.00. The number of rotatable bonds is 9. The van der Waals surface area contributed by atoms with Gasteiger partial charge in [0.25, 0.3) is 0 Å². The lowest BCUT2D eigenvalue weighted by Crippen LogP contribution is -2.26. The Kier molecular flexibility index (Phi) is 8.66. The van der Waals surface area contributed by atoms with Gasteiger partial charge in [-0.15, -0.1) is 0 Å². The normalized spacial score (nSPS) is 14.8. The molecule has 130 valence electrons. The zero-order chi connectivity index (χ0) is 17.2. The van der Waals surface area contributed by atoms with Gasteiger partial charge >= 0.3 is 0 Å². The Morgan fingerprint density at radius 3 is 2.43 bits per heavy atom. The van der Waals surface area contributed by atoms with Gasteiger partial charge in [-0.3, -0.25) is 4.99 Å². The standard InChI is InChI=1S/C18H31N3O2/c1-5-14(4)15-6-8-16(9-7-15)21-18(19)20-10-17(22)12-23-11-13(2)3/h6-9,13-14,17,22H,5,10-12H2,1-4H3,(H3,19,20,21). The number of anilines is 1. The molecule has 5 nitrogen and oxygen atoms in total. The van der Waals surface area contributed by atoms with Gasteiger partial charge in [-0.25, -0.2) is 0 Å². The summed E-state index contributed by atoms with van der Waals surface area (Å²) < 4.78 is 5.37. The van der Waals surface area contributed by atoms with E-state index < -0.39 is 6.10 Å². The molecule has 0 aliphatic heterocycles. The van der Waals surface area contributed by atoms with E-state index in [9.17, 15) is 5.11 Å². The van der Waals surface area contributed by atoms with Crippen LogP contribution in [0.4, 0.5) is 5.69 Å². The highest BCUT2D eigenvalue weighted by Gasteiger charge is 2.05. The Bertz CT molecular complexity index is 472. The zero-order valence-electron chi connectivity index (χ0n) is 14.7. The summed E-state index contributed by atoms with van der Waals surface area (Å²) in [6.45, 7) is 9.66. The molecule has 0 saturated heterocycles. The number of nitrogens with two attached hydrogens (primary N) is 1. The second-order valence-corrected chi connectivity index (χ2v) is 6.37. The Morgan fingerprint density at radius 1 is 1.22 bits per heavy atom. The third-order valence-corrected chi connectivity index (χ3v) is 3.60. The molecule has 0 aliphatic carbocycles. The Balaban J connectivity index is 2.41. The molecule has 0 amide bonds. The number of hydrogen-bond acceptors (Lipinski definition) is 3. The summed E-state index contributed by atoms with van der Waals surface area (Å²) in [5.74, 6) is 1.30. The number of benzene rings is 1. The summed E-state index contributed by atoms with van der Waals surface area (Å²) in [6.07, 6.45) is 0.481. The molecule has 1 aromatic rings. The minimum Gasteiger partial charge on any atom is -0.389 e. The maximum absolute atomic E-state index is 9.79. The molecule has 23 heavy (non-hydrogen) atoms. The number of hydrogen-bond donors (Lipinski definition) is 3. The van der Waals surface area contributed by atoms with Crippen molar-refractivity contribution in [2.24, 2.45) is 16.6 Å². The highest BCUT2D eigenvalue weighted by Crippen LogP contribution is 2.20. The van der Waals surface area contributed by atoms with Gasteiger partial charge in [-0.05, 0) is 36.0 Å². The maximum atomic E-state index is 9.79. The fourth-order valence-corrected chi connectivity index (χ4v) is 2.01. The van der Waals surface area contributed by atoms with Crippen LogP contribution in [-0.2, 0) is 4.74 Å². The molecule has 0 aliphatic rings. The second-order valence-electron chi connectivity index (χ2n) is 6.37. The second kappa shape index (κ2) is 10.2. The molecular formula is C18H31N3O2. The molecule has 5 heteroatoms. The van der Waals surface area contributed by atoms with Gasteiger partial charge in [0.15, 0.2) is 5.96 Å². The average Bonchev–Trinajstić information content (AvgIpc) is 2.52. The van der Waals surface area contributed by atoms with E-state index in [-0.39, 0.29) is 13.2 Å². The van der Waals surface area contributed by atoms with Crippen molar-refractivity contribution < 1.29 is 9.84 Å². The molecule has 1 rings (SSSR count). The summed E-state index contributed by atoms with van der Waals surface area (Å²) in [6, 6.07) is 8.18. The van der Waals surface area contributed by atoms with E-state index >= 15 is 0 Å². The number of aliphatic hydroxyl groups is 1. The summed E-state index contributed by atoms with van der Waals surface area (Å²) in [4.78, 5) is 4.14. The Labute approximate surface area is 140 Å². The van der Waals surface area contributed by atoms with Crippen LogP contribution >= 0.6 is 0 Å². The first-order valence-corrected chi connectivity index (χ1v) is 8.35. The number of aliphatic imine (C=N–C) groups is 1. The van der Waals surface area contributed by atoms with Crippen LogP contribution < -0.4 is 11.1 Å². The van der Waals surface area contributed by atoms with Crippen LogP contribution in [0.1, 0.15) is 45.6 Å². The van der Waals surface area contributed by atoms with E-state index in [1.165, 1.54) is 5.56 Å². The van der Waals surface area contributed by atoms with Gasteiger partial charge in [0, 0.05) is 12.3 Å². The fraction of sp³-hybridized carbons (Fsp3) is 0.611. The predicted molar refractivity (Wildman–Crippen MR) is 96.9 cm³/mol. The van der Waals surface area contributed by atoms with E-state index in [0.29, 0.717) is 24.4 Å². The highest BCUT2D eigenvalue weighted by atomic mass is 16.5. The van der Waals surface area contributed by atoms with Crippen molar-refractivity contribution in [3.05, 3.63) is 29.8 Å².